The summed E-state index contributed by atoms with van der Waals surface area (Å²) in [5.74, 6) is 0.306. The maximum atomic E-state index is 10.8. The van der Waals surface area contributed by atoms with Gasteiger partial charge in [0.15, 0.2) is 0 Å². The highest BCUT2D eigenvalue weighted by Crippen LogP contribution is 1.94. The van der Waals surface area contributed by atoms with Crippen molar-refractivity contribution in [3.05, 3.63) is 24.8 Å². The number of carbonyl (C=O) groups excluding carboxylic acids is 1. The summed E-state index contributed by atoms with van der Waals surface area (Å²) in [5, 5.41) is 0. The first-order valence-corrected chi connectivity index (χ1v) is 3.60. The molecular formula is C9H14O. The quantitative estimate of drug-likeness (QED) is 0.533. The zero-order valence-corrected chi connectivity index (χ0v) is 6.47. The lowest BCUT2D eigenvalue weighted by Gasteiger charge is -1.89. The van der Waals surface area contributed by atoms with Gasteiger partial charge < -0.3 is 0 Å². The molecule has 0 spiro atoms. The van der Waals surface area contributed by atoms with Crippen LogP contribution in [0.15, 0.2) is 24.8 Å². The third-order valence-electron chi connectivity index (χ3n) is 1.15. The van der Waals surface area contributed by atoms with Crippen LogP contribution in [0.5, 0.6) is 0 Å². The molecule has 0 N–H and O–H groups in total. The van der Waals surface area contributed by atoms with E-state index in [0.29, 0.717) is 18.6 Å². The Balaban J connectivity index is 3.38. The van der Waals surface area contributed by atoms with E-state index in [-0.39, 0.29) is 0 Å². The van der Waals surface area contributed by atoms with Crippen molar-refractivity contribution >= 4 is 5.78 Å². The zero-order chi connectivity index (χ0) is 7.82. The highest BCUT2D eigenvalue weighted by atomic mass is 16.1. The number of rotatable bonds is 5. The van der Waals surface area contributed by atoms with Crippen molar-refractivity contribution in [3.63, 3.8) is 0 Å². The average molecular weight is 138 g/mol. The molecular weight excluding hydrogens is 124 g/mol. The lowest BCUT2D eigenvalue weighted by molar-refractivity contribution is -0.118. The van der Waals surface area contributed by atoms with Gasteiger partial charge in [-0.05, 0) is 6.42 Å². The Hall–Kier alpha value is -0.850. The molecule has 1 nitrogen and oxygen atoms in total. The van der Waals surface area contributed by atoms with Gasteiger partial charge in [-0.3, -0.25) is 4.79 Å². The summed E-state index contributed by atoms with van der Waals surface area (Å²) < 4.78 is 0. The second kappa shape index (κ2) is 6.27. The lowest BCUT2D eigenvalue weighted by atomic mass is 10.2. The van der Waals surface area contributed by atoms with Gasteiger partial charge >= 0.3 is 0 Å². The molecule has 56 valence electrons. The van der Waals surface area contributed by atoms with Crippen LogP contribution in [0.4, 0.5) is 0 Å². The maximum Gasteiger partial charge on any atom is 0.136 e. The summed E-state index contributed by atoms with van der Waals surface area (Å²) in [4.78, 5) is 10.8. The van der Waals surface area contributed by atoms with Gasteiger partial charge in [-0.2, -0.15) is 0 Å². The number of carbonyl (C=O) groups is 1. The summed E-state index contributed by atoms with van der Waals surface area (Å²) in [7, 11) is 0. The Morgan fingerprint density at radius 2 is 2.30 bits per heavy atom. The Bertz CT molecular complexity index is 134. The maximum absolute atomic E-state index is 10.8. The molecule has 0 saturated heterocycles. The largest absolute Gasteiger partial charge is 0.299 e. The molecule has 0 amide bonds. The smallest absolute Gasteiger partial charge is 0.136 e. The predicted molar refractivity (Wildman–Crippen MR) is 43.9 cm³/mol. The third kappa shape index (κ3) is 5.29. The normalized spacial score (nSPS) is 10.1. The molecule has 0 aliphatic heterocycles. The molecule has 10 heavy (non-hydrogen) atoms. The monoisotopic (exact) mass is 138 g/mol. The number of hydrogen-bond donors (Lipinski definition) is 0. The molecule has 0 unspecified atom stereocenters. The van der Waals surface area contributed by atoms with Crippen LogP contribution in [-0.2, 0) is 4.79 Å². The topological polar surface area (TPSA) is 17.1 Å². The van der Waals surface area contributed by atoms with E-state index in [4.69, 9.17) is 0 Å². The van der Waals surface area contributed by atoms with E-state index in [0.717, 1.165) is 6.42 Å². The van der Waals surface area contributed by atoms with Gasteiger partial charge in [-0.25, -0.2) is 0 Å². The van der Waals surface area contributed by atoms with E-state index in [9.17, 15) is 4.79 Å². The predicted octanol–water partition coefficient (Wildman–Crippen LogP) is 2.49. The molecule has 0 saturated carbocycles. The minimum Gasteiger partial charge on any atom is -0.299 e. The van der Waals surface area contributed by atoms with E-state index in [1.165, 1.54) is 0 Å². The fourth-order valence-electron chi connectivity index (χ4n) is 0.677. The molecule has 0 radical (unpaired) electrons. The molecule has 0 bridgehead atoms. The number of ketones is 1. The van der Waals surface area contributed by atoms with E-state index in [1.54, 1.807) is 12.2 Å². The van der Waals surface area contributed by atoms with E-state index in [2.05, 4.69) is 6.58 Å². The summed E-state index contributed by atoms with van der Waals surface area (Å²) in [5.41, 5.74) is 0. The fourth-order valence-corrected chi connectivity index (χ4v) is 0.677. The van der Waals surface area contributed by atoms with E-state index in [1.807, 2.05) is 13.0 Å². The van der Waals surface area contributed by atoms with Crippen molar-refractivity contribution in [2.75, 3.05) is 0 Å². The number of allylic oxidation sites excluding steroid dienone is 3. The minimum absolute atomic E-state index is 0.306. The van der Waals surface area contributed by atoms with Crippen molar-refractivity contribution in [1.29, 1.82) is 0 Å². The molecule has 0 atom stereocenters. The lowest BCUT2D eigenvalue weighted by Crippen LogP contribution is -1.92. The van der Waals surface area contributed by atoms with Gasteiger partial charge in [0.05, 0.1) is 0 Å². The van der Waals surface area contributed by atoms with E-state index >= 15 is 0 Å². The molecule has 0 aromatic carbocycles. The minimum atomic E-state index is 0.306. The van der Waals surface area contributed by atoms with Crippen LogP contribution in [0.25, 0.3) is 0 Å². The van der Waals surface area contributed by atoms with E-state index < -0.39 is 0 Å². The highest BCUT2D eigenvalue weighted by molar-refractivity contribution is 5.79. The van der Waals surface area contributed by atoms with Crippen LogP contribution < -0.4 is 0 Å². The van der Waals surface area contributed by atoms with Crippen molar-refractivity contribution < 1.29 is 4.79 Å². The first-order chi connectivity index (χ1) is 4.81. The van der Waals surface area contributed by atoms with Crippen LogP contribution >= 0.6 is 0 Å². The molecule has 1 heteroatoms. The van der Waals surface area contributed by atoms with Crippen molar-refractivity contribution in [1.82, 2.24) is 0 Å². The molecule has 0 aliphatic carbocycles. The Morgan fingerprint density at radius 1 is 1.60 bits per heavy atom. The summed E-state index contributed by atoms with van der Waals surface area (Å²) in [6.07, 6.45) is 7.51. The first kappa shape index (κ1) is 9.15. The molecule has 0 aliphatic rings. The second-order valence-corrected chi connectivity index (χ2v) is 2.16. The number of Topliss-reactive ketones (excluding diaryl/α,β-unsaturated/α-hetero) is 1. The van der Waals surface area contributed by atoms with Gasteiger partial charge in [0.1, 0.15) is 5.78 Å². The third-order valence-corrected chi connectivity index (χ3v) is 1.15. The van der Waals surface area contributed by atoms with Gasteiger partial charge in [-0.15, -0.1) is 0 Å². The van der Waals surface area contributed by atoms with Gasteiger partial charge in [0.25, 0.3) is 0 Å². The summed E-state index contributed by atoms with van der Waals surface area (Å²) in [6, 6.07) is 0. The van der Waals surface area contributed by atoms with Crippen LogP contribution in [0.2, 0.25) is 0 Å². The van der Waals surface area contributed by atoms with Crippen molar-refractivity contribution in [2.45, 2.75) is 26.2 Å². The Labute approximate surface area is 62.4 Å². The fraction of sp³-hybridized carbons (Fsp3) is 0.444. The summed E-state index contributed by atoms with van der Waals surface area (Å²) >= 11 is 0. The van der Waals surface area contributed by atoms with Crippen molar-refractivity contribution in [2.24, 2.45) is 0 Å². The van der Waals surface area contributed by atoms with Crippen LogP contribution in [0, 0.1) is 0 Å². The Kier molecular flexibility index (Phi) is 5.74. The van der Waals surface area contributed by atoms with Crippen LogP contribution in [0.3, 0.4) is 0 Å². The summed E-state index contributed by atoms with van der Waals surface area (Å²) in [6.45, 7) is 5.51. The Morgan fingerprint density at radius 3 is 2.80 bits per heavy atom. The average Bonchev–Trinajstić information content (AvgIpc) is 1.89. The highest BCUT2D eigenvalue weighted by Gasteiger charge is 1.93. The van der Waals surface area contributed by atoms with Gasteiger partial charge in [-0.1, -0.05) is 31.7 Å². The van der Waals surface area contributed by atoms with Gasteiger partial charge in [0, 0.05) is 12.8 Å². The molecule has 0 fully saturated rings. The molecule has 0 aromatic heterocycles. The molecule has 0 aromatic rings. The molecule has 0 heterocycles. The second-order valence-electron chi connectivity index (χ2n) is 2.16. The number of hydrogen-bond acceptors (Lipinski definition) is 1. The first-order valence-electron chi connectivity index (χ1n) is 3.60. The van der Waals surface area contributed by atoms with Crippen LogP contribution in [0.1, 0.15) is 26.2 Å². The SMILES string of the molecule is C=C/C=C/CC(=O)CCC. The van der Waals surface area contributed by atoms with Crippen LogP contribution in [-0.4, -0.2) is 5.78 Å². The zero-order valence-electron chi connectivity index (χ0n) is 6.47. The molecule has 0 rings (SSSR count). The standard InChI is InChI=1S/C9H14O/c1-3-5-6-8-9(10)7-4-2/h3,5-6H,1,4,7-8H2,2H3/b6-5+. The van der Waals surface area contributed by atoms with Gasteiger partial charge in [0.2, 0.25) is 0 Å². The van der Waals surface area contributed by atoms with Crippen molar-refractivity contribution in [3.8, 4) is 0 Å².